The smallest absolute Gasteiger partial charge is 0.394 e. The Balaban J connectivity index is 2.65. The highest BCUT2D eigenvalue weighted by Crippen LogP contribution is 1.98. The molecule has 1 aromatic rings. The highest BCUT2D eigenvalue weighted by molar-refractivity contribution is 6.19. The fourth-order valence-corrected chi connectivity index (χ4v) is 0.932. The number of hydroxylamine groups is 1. The van der Waals surface area contributed by atoms with E-state index in [9.17, 15) is 10.0 Å². The minimum absolute atomic E-state index is 0.0626. The summed E-state index contributed by atoms with van der Waals surface area (Å²) in [4.78, 5) is 10.1. The van der Waals surface area contributed by atoms with E-state index in [1.807, 2.05) is 6.07 Å². The fourth-order valence-electron chi connectivity index (χ4n) is 0.932. The second kappa shape index (κ2) is 4.25. The number of carboxylic acid groups (broad SMARTS) is 1. The summed E-state index contributed by atoms with van der Waals surface area (Å²) >= 11 is 0. The molecule has 0 atom stereocenters. The summed E-state index contributed by atoms with van der Waals surface area (Å²) in [6.07, 6.45) is 0.604. The first-order chi connectivity index (χ1) is 6.18. The van der Waals surface area contributed by atoms with Gasteiger partial charge in [-0.25, -0.2) is 9.53 Å². The van der Waals surface area contributed by atoms with Crippen molar-refractivity contribution in [2.75, 3.05) is 0 Å². The number of hydrogen-bond donors (Lipinski definition) is 1. The standard InChI is InChI=1S/C9H9NO3/c11-9(12)7-10(13)6-8-4-2-1-3-5-8/h1-5,7H,6H2,(H,11,12). The number of aliphatic carboxylic acids is 1. The first-order valence-corrected chi connectivity index (χ1v) is 3.74. The van der Waals surface area contributed by atoms with Gasteiger partial charge < -0.3 is 10.3 Å². The molecular weight excluding hydrogens is 170 g/mol. The minimum Gasteiger partial charge on any atom is -0.623 e. The van der Waals surface area contributed by atoms with Gasteiger partial charge in [0.2, 0.25) is 0 Å². The molecule has 0 saturated heterocycles. The molecule has 0 radical (unpaired) electrons. The van der Waals surface area contributed by atoms with Gasteiger partial charge in [0.05, 0.1) is 0 Å². The van der Waals surface area contributed by atoms with Gasteiger partial charge in [-0.15, -0.1) is 0 Å². The highest BCUT2D eigenvalue weighted by Gasteiger charge is 2.00. The van der Waals surface area contributed by atoms with Gasteiger partial charge >= 0.3 is 5.97 Å². The molecule has 0 heterocycles. The van der Waals surface area contributed by atoms with Crippen molar-refractivity contribution in [2.45, 2.75) is 6.54 Å². The van der Waals surface area contributed by atoms with Gasteiger partial charge in [0.1, 0.15) is 0 Å². The molecule has 0 aromatic heterocycles. The predicted molar refractivity (Wildman–Crippen MR) is 47.5 cm³/mol. The van der Waals surface area contributed by atoms with Crippen LogP contribution in [0.3, 0.4) is 0 Å². The van der Waals surface area contributed by atoms with Crippen molar-refractivity contribution in [3.63, 3.8) is 0 Å². The van der Waals surface area contributed by atoms with Gasteiger partial charge in [-0.2, -0.15) is 0 Å². The van der Waals surface area contributed by atoms with E-state index in [-0.39, 0.29) is 6.54 Å². The van der Waals surface area contributed by atoms with Crippen molar-refractivity contribution >= 4 is 12.2 Å². The van der Waals surface area contributed by atoms with Crippen LogP contribution in [0.5, 0.6) is 0 Å². The van der Waals surface area contributed by atoms with E-state index in [1.54, 1.807) is 24.3 Å². The maximum atomic E-state index is 10.9. The van der Waals surface area contributed by atoms with Crippen LogP contribution in [0.2, 0.25) is 0 Å². The predicted octanol–water partition coefficient (Wildman–Crippen LogP) is 0.852. The Hall–Kier alpha value is -1.84. The molecule has 0 aliphatic heterocycles. The van der Waals surface area contributed by atoms with Crippen LogP contribution < -0.4 is 0 Å². The van der Waals surface area contributed by atoms with Crippen LogP contribution in [0.1, 0.15) is 5.56 Å². The molecule has 0 aliphatic carbocycles. The molecule has 0 fully saturated rings. The normalized spacial score (nSPS) is 11.2. The van der Waals surface area contributed by atoms with Crippen molar-refractivity contribution < 1.29 is 14.6 Å². The van der Waals surface area contributed by atoms with E-state index in [2.05, 4.69) is 0 Å². The van der Waals surface area contributed by atoms with Gasteiger partial charge in [-0.3, -0.25) is 0 Å². The monoisotopic (exact) mass is 179 g/mol. The number of rotatable bonds is 3. The SMILES string of the molecule is O=C(O)C=[N+]([O-])Cc1ccccc1. The summed E-state index contributed by atoms with van der Waals surface area (Å²) in [7, 11) is 0. The second-order valence-electron chi connectivity index (χ2n) is 2.53. The summed E-state index contributed by atoms with van der Waals surface area (Å²) in [6.45, 7) is 0.0626. The van der Waals surface area contributed by atoms with Crippen LogP contribution in [0.25, 0.3) is 0 Å². The molecule has 68 valence electrons. The number of benzene rings is 1. The maximum absolute atomic E-state index is 10.9. The van der Waals surface area contributed by atoms with E-state index >= 15 is 0 Å². The molecule has 1 aromatic carbocycles. The molecule has 1 rings (SSSR count). The molecule has 0 saturated carbocycles. The van der Waals surface area contributed by atoms with Crippen LogP contribution in [-0.2, 0) is 11.3 Å². The summed E-state index contributed by atoms with van der Waals surface area (Å²) in [5, 5.41) is 19.2. The van der Waals surface area contributed by atoms with Crippen LogP contribution in [0, 0.1) is 5.21 Å². The van der Waals surface area contributed by atoms with E-state index in [1.165, 1.54) is 0 Å². The number of hydrogen-bond acceptors (Lipinski definition) is 2. The lowest BCUT2D eigenvalue weighted by molar-refractivity contribution is -0.469. The van der Waals surface area contributed by atoms with Crippen LogP contribution in [0.15, 0.2) is 30.3 Å². The van der Waals surface area contributed by atoms with Crippen LogP contribution in [0.4, 0.5) is 0 Å². The van der Waals surface area contributed by atoms with Gasteiger partial charge in [0.25, 0.3) is 6.21 Å². The fraction of sp³-hybridized carbons (Fsp3) is 0.111. The van der Waals surface area contributed by atoms with E-state index in [0.717, 1.165) is 5.56 Å². The zero-order valence-electron chi connectivity index (χ0n) is 6.88. The Bertz CT molecular complexity index is 319. The molecule has 1 N–H and O–H groups in total. The van der Waals surface area contributed by atoms with Crippen molar-refractivity contribution in [1.29, 1.82) is 0 Å². The molecule has 0 amide bonds. The molecule has 0 spiro atoms. The Morgan fingerprint density at radius 1 is 1.46 bits per heavy atom. The summed E-state index contributed by atoms with van der Waals surface area (Å²) in [5.74, 6) is -1.23. The third-order valence-corrected chi connectivity index (χ3v) is 1.44. The van der Waals surface area contributed by atoms with Crippen LogP contribution in [-0.4, -0.2) is 22.0 Å². The third-order valence-electron chi connectivity index (χ3n) is 1.44. The lowest BCUT2D eigenvalue weighted by Gasteiger charge is -2.01. The average molecular weight is 179 g/mol. The second-order valence-corrected chi connectivity index (χ2v) is 2.53. The lowest BCUT2D eigenvalue weighted by Crippen LogP contribution is -2.11. The Kier molecular flexibility index (Phi) is 3.03. The Morgan fingerprint density at radius 2 is 2.08 bits per heavy atom. The molecular formula is C9H9NO3. The van der Waals surface area contributed by atoms with Gasteiger partial charge in [-0.1, -0.05) is 30.3 Å². The van der Waals surface area contributed by atoms with Crippen molar-refractivity contribution in [2.24, 2.45) is 0 Å². The van der Waals surface area contributed by atoms with E-state index < -0.39 is 5.97 Å². The van der Waals surface area contributed by atoms with Crippen LogP contribution >= 0.6 is 0 Å². The topological polar surface area (TPSA) is 63.4 Å². The van der Waals surface area contributed by atoms with Gasteiger partial charge in [0.15, 0.2) is 6.54 Å². The summed E-state index contributed by atoms with van der Waals surface area (Å²) in [5.41, 5.74) is 0.787. The third kappa shape index (κ3) is 3.37. The van der Waals surface area contributed by atoms with Crippen molar-refractivity contribution in [3.8, 4) is 0 Å². The summed E-state index contributed by atoms with van der Waals surface area (Å²) in [6, 6.07) is 8.95. The average Bonchev–Trinajstić information content (AvgIpc) is 2.04. The Labute approximate surface area is 75.3 Å². The molecule has 0 aliphatic rings. The molecule has 4 heteroatoms. The number of carbonyl (C=O) groups is 1. The molecule has 4 nitrogen and oxygen atoms in total. The number of nitrogens with zero attached hydrogens (tertiary/aromatic N) is 1. The highest BCUT2D eigenvalue weighted by atomic mass is 16.5. The van der Waals surface area contributed by atoms with Crippen molar-refractivity contribution in [3.05, 3.63) is 41.1 Å². The zero-order chi connectivity index (χ0) is 9.68. The van der Waals surface area contributed by atoms with Gasteiger partial charge in [0, 0.05) is 5.56 Å². The zero-order valence-corrected chi connectivity index (χ0v) is 6.88. The van der Waals surface area contributed by atoms with E-state index in [4.69, 9.17) is 5.11 Å². The lowest BCUT2D eigenvalue weighted by atomic mass is 10.2. The number of carboxylic acids is 1. The first kappa shape index (κ1) is 9.25. The quantitative estimate of drug-likeness (QED) is 0.324. The first-order valence-electron chi connectivity index (χ1n) is 3.74. The molecule has 0 unspecified atom stereocenters. The summed E-state index contributed by atoms with van der Waals surface area (Å²) < 4.78 is 0.387. The van der Waals surface area contributed by atoms with E-state index in [0.29, 0.717) is 11.0 Å². The van der Waals surface area contributed by atoms with Gasteiger partial charge in [-0.05, 0) is 0 Å². The van der Waals surface area contributed by atoms with Crippen molar-refractivity contribution in [1.82, 2.24) is 0 Å². The Morgan fingerprint density at radius 3 is 2.62 bits per heavy atom. The minimum atomic E-state index is -1.23. The molecule has 13 heavy (non-hydrogen) atoms. The molecule has 0 bridgehead atoms. The largest absolute Gasteiger partial charge is 0.623 e. The maximum Gasteiger partial charge on any atom is 0.394 e.